The molecule has 0 amide bonds. The lowest BCUT2D eigenvalue weighted by Gasteiger charge is -2.14. The number of fused-ring (bicyclic) bond motifs is 6. The Hall–Kier alpha value is -5.81. The van der Waals surface area contributed by atoms with E-state index < -0.39 is 0 Å². The fourth-order valence-corrected chi connectivity index (χ4v) is 6.30. The van der Waals surface area contributed by atoms with Crippen molar-refractivity contribution in [3.05, 3.63) is 133 Å². The van der Waals surface area contributed by atoms with Gasteiger partial charge in [-0.3, -0.25) is 0 Å². The van der Waals surface area contributed by atoms with Crippen LogP contribution in [0, 0.1) is 0 Å². The summed E-state index contributed by atoms with van der Waals surface area (Å²) in [5, 5.41) is 4.17. The molecule has 0 fully saturated rings. The summed E-state index contributed by atoms with van der Waals surface area (Å²) < 4.78 is 12.5. The second-order valence-corrected chi connectivity index (χ2v) is 11.1. The Labute approximate surface area is 252 Å². The third-order valence-electron chi connectivity index (χ3n) is 8.38. The van der Waals surface area contributed by atoms with E-state index in [1.807, 2.05) is 66.7 Å². The molecule has 0 saturated carbocycles. The van der Waals surface area contributed by atoms with Crippen LogP contribution in [-0.4, -0.2) is 15.0 Å². The molecule has 208 valence electrons. The molecule has 3 heterocycles. The number of allylic oxidation sites excluding steroid dienone is 4. The third-order valence-corrected chi connectivity index (χ3v) is 8.38. The summed E-state index contributed by atoms with van der Waals surface area (Å²) in [6.45, 7) is 0. The molecule has 8 aromatic rings. The average molecular weight is 568 g/mol. The summed E-state index contributed by atoms with van der Waals surface area (Å²) in [4.78, 5) is 15.3. The zero-order valence-electron chi connectivity index (χ0n) is 23.7. The van der Waals surface area contributed by atoms with Gasteiger partial charge in [-0.15, -0.1) is 0 Å². The van der Waals surface area contributed by atoms with Crippen LogP contribution >= 0.6 is 0 Å². The largest absolute Gasteiger partial charge is 0.456 e. The van der Waals surface area contributed by atoms with Crippen LogP contribution in [0.5, 0.6) is 0 Å². The molecule has 5 nitrogen and oxygen atoms in total. The standard InChI is InChI=1S/C39H25N3O2/c1-3-11-24(12-4-1)37-40-38(25-13-5-2-6-14-25)42-39(41-37)36-27(20-22-34-35(36)29-16-8-10-18-32(29)44-34)26-19-21-33-30(23-26)28-15-7-9-17-31(28)43-33/h1,3-5,7-23H,2,6H2. The summed E-state index contributed by atoms with van der Waals surface area (Å²) in [6.07, 6.45) is 8.48. The van der Waals surface area contributed by atoms with Crippen molar-refractivity contribution in [2.24, 2.45) is 0 Å². The van der Waals surface area contributed by atoms with Gasteiger partial charge in [0, 0.05) is 38.2 Å². The molecule has 1 aliphatic rings. The molecule has 0 saturated heterocycles. The fraction of sp³-hybridized carbons (Fsp3) is 0.0513. The summed E-state index contributed by atoms with van der Waals surface area (Å²) in [5.41, 5.74) is 8.28. The molecular formula is C39H25N3O2. The fourth-order valence-electron chi connectivity index (χ4n) is 6.30. The van der Waals surface area contributed by atoms with Crippen LogP contribution in [0.25, 0.3) is 83.4 Å². The van der Waals surface area contributed by atoms with Crippen LogP contribution in [0.3, 0.4) is 0 Å². The lowest BCUT2D eigenvalue weighted by Crippen LogP contribution is -2.04. The van der Waals surface area contributed by atoms with Gasteiger partial charge in [0.05, 0.1) is 0 Å². The Morgan fingerprint density at radius 1 is 0.500 bits per heavy atom. The van der Waals surface area contributed by atoms with E-state index >= 15 is 0 Å². The molecule has 9 rings (SSSR count). The maximum Gasteiger partial charge on any atom is 0.165 e. The smallest absolute Gasteiger partial charge is 0.165 e. The van der Waals surface area contributed by atoms with Gasteiger partial charge in [-0.1, -0.05) is 91.0 Å². The van der Waals surface area contributed by atoms with Gasteiger partial charge in [0.2, 0.25) is 0 Å². The third kappa shape index (κ3) is 3.97. The number of rotatable bonds is 4. The number of benzene rings is 5. The SMILES string of the molecule is C1=CC(c2nc(-c3ccccc3)nc(-c3c(-c4ccc5oc6ccccc6c5c4)ccc4oc5ccccc5c34)n2)=CCC1. The monoisotopic (exact) mass is 567 g/mol. The number of furan rings is 2. The van der Waals surface area contributed by atoms with Gasteiger partial charge in [-0.05, 0) is 60.4 Å². The van der Waals surface area contributed by atoms with Crippen LogP contribution in [0.15, 0.2) is 136 Å². The summed E-state index contributed by atoms with van der Waals surface area (Å²) in [5.74, 6) is 1.91. The van der Waals surface area contributed by atoms with E-state index in [4.69, 9.17) is 23.8 Å². The Bertz CT molecular complexity index is 2450. The molecular weight excluding hydrogens is 542 g/mol. The molecule has 0 N–H and O–H groups in total. The van der Waals surface area contributed by atoms with Gasteiger partial charge >= 0.3 is 0 Å². The lowest BCUT2D eigenvalue weighted by molar-refractivity contribution is 0.668. The minimum atomic E-state index is 0.609. The normalized spacial score (nSPS) is 13.3. The number of hydrogen-bond donors (Lipinski definition) is 0. The molecule has 0 radical (unpaired) electrons. The Morgan fingerprint density at radius 3 is 2.02 bits per heavy atom. The minimum Gasteiger partial charge on any atom is -0.456 e. The van der Waals surface area contributed by atoms with Crippen molar-refractivity contribution in [2.45, 2.75) is 12.8 Å². The molecule has 5 heteroatoms. The highest BCUT2D eigenvalue weighted by molar-refractivity contribution is 6.16. The molecule has 0 atom stereocenters. The van der Waals surface area contributed by atoms with Crippen LogP contribution in [0.4, 0.5) is 0 Å². The zero-order chi connectivity index (χ0) is 29.0. The predicted molar refractivity (Wildman–Crippen MR) is 177 cm³/mol. The topological polar surface area (TPSA) is 65.0 Å². The molecule has 44 heavy (non-hydrogen) atoms. The Balaban J connectivity index is 1.38. The lowest BCUT2D eigenvalue weighted by atomic mass is 9.93. The highest BCUT2D eigenvalue weighted by Crippen LogP contribution is 2.43. The van der Waals surface area contributed by atoms with Gasteiger partial charge in [-0.25, -0.2) is 15.0 Å². The van der Waals surface area contributed by atoms with Crippen molar-refractivity contribution in [1.82, 2.24) is 15.0 Å². The highest BCUT2D eigenvalue weighted by Gasteiger charge is 2.22. The van der Waals surface area contributed by atoms with E-state index in [1.54, 1.807) is 0 Å². The molecule has 0 unspecified atom stereocenters. The van der Waals surface area contributed by atoms with Gasteiger partial charge < -0.3 is 8.83 Å². The van der Waals surface area contributed by atoms with E-state index in [-0.39, 0.29) is 0 Å². The van der Waals surface area contributed by atoms with Crippen molar-refractivity contribution in [1.29, 1.82) is 0 Å². The van der Waals surface area contributed by atoms with Crippen molar-refractivity contribution in [2.75, 3.05) is 0 Å². The van der Waals surface area contributed by atoms with E-state index in [1.165, 1.54) is 0 Å². The molecule has 0 bridgehead atoms. The van der Waals surface area contributed by atoms with Crippen molar-refractivity contribution in [3.63, 3.8) is 0 Å². The molecule has 5 aromatic carbocycles. The number of hydrogen-bond acceptors (Lipinski definition) is 5. The van der Waals surface area contributed by atoms with E-state index in [9.17, 15) is 0 Å². The van der Waals surface area contributed by atoms with Crippen LogP contribution < -0.4 is 0 Å². The minimum absolute atomic E-state index is 0.609. The number of para-hydroxylation sites is 2. The molecule has 0 spiro atoms. The quantitative estimate of drug-likeness (QED) is 0.212. The number of nitrogens with zero attached hydrogens (tertiary/aromatic N) is 3. The molecule has 0 aliphatic heterocycles. The Kier molecular flexibility index (Phi) is 5.56. The van der Waals surface area contributed by atoms with Gasteiger partial charge in [0.1, 0.15) is 22.3 Å². The van der Waals surface area contributed by atoms with Crippen LogP contribution in [0.2, 0.25) is 0 Å². The predicted octanol–water partition coefficient (Wildman–Crippen LogP) is 10.4. The van der Waals surface area contributed by atoms with E-state index in [0.29, 0.717) is 17.5 Å². The van der Waals surface area contributed by atoms with Crippen LogP contribution in [-0.2, 0) is 0 Å². The first-order valence-electron chi connectivity index (χ1n) is 14.8. The van der Waals surface area contributed by atoms with Gasteiger partial charge in [-0.2, -0.15) is 0 Å². The second-order valence-electron chi connectivity index (χ2n) is 11.1. The van der Waals surface area contributed by atoms with Crippen molar-refractivity contribution >= 4 is 49.5 Å². The zero-order valence-corrected chi connectivity index (χ0v) is 23.7. The summed E-state index contributed by atoms with van der Waals surface area (Å²) in [7, 11) is 0. The highest BCUT2D eigenvalue weighted by atomic mass is 16.3. The van der Waals surface area contributed by atoms with Crippen LogP contribution in [0.1, 0.15) is 18.7 Å². The second kappa shape index (κ2) is 9.89. The summed E-state index contributed by atoms with van der Waals surface area (Å²) >= 11 is 0. The molecule has 3 aromatic heterocycles. The van der Waals surface area contributed by atoms with E-state index in [0.717, 1.165) is 84.5 Å². The average Bonchev–Trinajstić information content (AvgIpc) is 3.66. The molecule has 1 aliphatic carbocycles. The van der Waals surface area contributed by atoms with Gasteiger partial charge in [0.15, 0.2) is 17.5 Å². The first-order valence-corrected chi connectivity index (χ1v) is 14.8. The van der Waals surface area contributed by atoms with Gasteiger partial charge in [0.25, 0.3) is 0 Å². The first-order chi connectivity index (χ1) is 21.8. The van der Waals surface area contributed by atoms with Crippen molar-refractivity contribution in [3.8, 4) is 33.9 Å². The Morgan fingerprint density at radius 2 is 1.18 bits per heavy atom. The van der Waals surface area contributed by atoms with Crippen molar-refractivity contribution < 1.29 is 8.83 Å². The summed E-state index contributed by atoms with van der Waals surface area (Å²) in [6, 6.07) is 37.0. The number of aromatic nitrogens is 3. The maximum absolute atomic E-state index is 6.37. The van der Waals surface area contributed by atoms with E-state index in [2.05, 4.69) is 60.7 Å². The maximum atomic E-state index is 6.37. The first kappa shape index (κ1) is 24.8.